The minimum atomic E-state index is -2.91. The number of halogens is 3. The number of carbonyl (C=O) groups is 1. The molecule has 1 heterocycles. The summed E-state index contributed by atoms with van der Waals surface area (Å²) in [4.78, 5) is 14.5. The lowest BCUT2D eigenvalue weighted by Crippen LogP contribution is -2.31. The van der Waals surface area contributed by atoms with E-state index in [2.05, 4.69) is 4.74 Å². The molecule has 27 heavy (non-hydrogen) atoms. The van der Waals surface area contributed by atoms with Gasteiger partial charge < -0.3 is 15.4 Å². The molecule has 1 saturated heterocycles. The van der Waals surface area contributed by atoms with Crippen molar-refractivity contribution in [2.75, 3.05) is 19.6 Å². The third-order valence-corrected chi connectivity index (χ3v) is 4.85. The Kier molecular flexibility index (Phi) is 7.56. The van der Waals surface area contributed by atoms with Crippen LogP contribution in [0.15, 0.2) is 54.6 Å². The van der Waals surface area contributed by atoms with Crippen molar-refractivity contribution < 1.29 is 18.3 Å². The zero-order chi connectivity index (χ0) is 18.5. The molecule has 4 nitrogen and oxygen atoms in total. The van der Waals surface area contributed by atoms with Gasteiger partial charge in [0.1, 0.15) is 5.75 Å². The van der Waals surface area contributed by atoms with E-state index in [0.717, 1.165) is 0 Å². The van der Waals surface area contributed by atoms with Gasteiger partial charge in [-0.1, -0.05) is 48.5 Å². The zero-order valence-electron chi connectivity index (χ0n) is 14.8. The number of amides is 1. The minimum Gasteiger partial charge on any atom is -0.435 e. The molecule has 2 aromatic carbocycles. The number of likely N-dealkylation sites (tertiary alicyclic amines) is 1. The second-order valence-electron chi connectivity index (χ2n) is 6.47. The second-order valence-corrected chi connectivity index (χ2v) is 6.47. The van der Waals surface area contributed by atoms with Crippen molar-refractivity contribution >= 4 is 18.3 Å². The molecule has 1 amide bonds. The Balaban J connectivity index is 0.00000261. The Labute approximate surface area is 163 Å². The largest absolute Gasteiger partial charge is 0.435 e. The summed E-state index contributed by atoms with van der Waals surface area (Å²) < 4.78 is 29.6. The van der Waals surface area contributed by atoms with Crippen LogP contribution in [0.3, 0.4) is 0 Å². The van der Waals surface area contributed by atoms with E-state index in [1.165, 1.54) is 11.6 Å². The predicted molar refractivity (Wildman–Crippen MR) is 102 cm³/mol. The molecule has 1 aliphatic rings. The van der Waals surface area contributed by atoms with Gasteiger partial charge in [-0.2, -0.15) is 8.78 Å². The Morgan fingerprint density at radius 2 is 1.78 bits per heavy atom. The third-order valence-electron chi connectivity index (χ3n) is 4.85. The van der Waals surface area contributed by atoms with Crippen molar-refractivity contribution in [3.8, 4) is 5.75 Å². The number of rotatable bonds is 6. The first-order chi connectivity index (χ1) is 12.6. The molecule has 1 aliphatic heterocycles. The van der Waals surface area contributed by atoms with E-state index in [1.54, 1.807) is 23.1 Å². The predicted octanol–water partition coefficient (Wildman–Crippen LogP) is 3.45. The van der Waals surface area contributed by atoms with E-state index in [-0.39, 0.29) is 42.3 Å². The molecular formula is C20H23ClF2N2O2. The highest BCUT2D eigenvalue weighted by Crippen LogP contribution is 2.32. The zero-order valence-corrected chi connectivity index (χ0v) is 15.6. The number of ether oxygens (including phenoxy) is 1. The van der Waals surface area contributed by atoms with Crippen molar-refractivity contribution in [1.29, 1.82) is 0 Å². The molecular weight excluding hydrogens is 374 g/mol. The van der Waals surface area contributed by atoms with Crippen LogP contribution in [-0.4, -0.2) is 37.1 Å². The summed E-state index contributed by atoms with van der Waals surface area (Å²) in [5.41, 5.74) is 7.54. The number of para-hydroxylation sites is 1. The molecule has 2 aromatic rings. The molecule has 0 spiro atoms. The highest BCUT2D eigenvalue weighted by atomic mass is 35.5. The first-order valence-corrected chi connectivity index (χ1v) is 8.64. The lowest BCUT2D eigenvalue weighted by atomic mass is 9.89. The monoisotopic (exact) mass is 396 g/mol. The van der Waals surface area contributed by atoms with Crippen LogP contribution in [0.2, 0.25) is 0 Å². The standard InChI is InChI=1S/C20H22F2N2O2.ClH/c21-20(22)26-18-9-5-4-8-15(18)10-19(25)24-12-16(11-23)17(13-24)14-6-2-1-3-7-14;/h1-9,16-17,20H,10-13,23H2;1H/t16-,17+;/m1./s1. The van der Waals surface area contributed by atoms with Crippen molar-refractivity contribution in [2.24, 2.45) is 11.7 Å². The SMILES string of the molecule is Cl.NC[C@@H]1CN(C(=O)Cc2ccccc2OC(F)F)C[C@H]1c1ccccc1. The maximum Gasteiger partial charge on any atom is 0.387 e. The second kappa shape index (κ2) is 9.67. The summed E-state index contributed by atoms with van der Waals surface area (Å²) in [6, 6.07) is 16.4. The first-order valence-electron chi connectivity index (χ1n) is 8.64. The summed E-state index contributed by atoms with van der Waals surface area (Å²) in [6.07, 6.45) is 0.0295. The number of alkyl halides is 2. The summed E-state index contributed by atoms with van der Waals surface area (Å²) >= 11 is 0. The van der Waals surface area contributed by atoms with Gasteiger partial charge in [0, 0.05) is 24.6 Å². The van der Waals surface area contributed by atoms with Gasteiger partial charge in [-0.15, -0.1) is 12.4 Å². The Bertz CT molecular complexity index is 746. The molecule has 3 rings (SSSR count). The fraction of sp³-hybridized carbons (Fsp3) is 0.350. The molecule has 2 N–H and O–H groups in total. The molecule has 146 valence electrons. The molecule has 7 heteroatoms. The van der Waals surface area contributed by atoms with E-state index in [0.29, 0.717) is 25.2 Å². The van der Waals surface area contributed by atoms with Crippen LogP contribution in [0.5, 0.6) is 5.75 Å². The van der Waals surface area contributed by atoms with E-state index in [9.17, 15) is 13.6 Å². The fourth-order valence-electron chi connectivity index (χ4n) is 3.53. The third kappa shape index (κ3) is 5.17. The Morgan fingerprint density at radius 1 is 1.11 bits per heavy atom. The van der Waals surface area contributed by atoms with Crippen LogP contribution >= 0.6 is 12.4 Å². The van der Waals surface area contributed by atoms with Gasteiger partial charge in [-0.05, 0) is 24.1 Å². The molecule has 0 radical (unpaired) electrons. The molecule has 2 atom stereocenters. The smallest absolute Gasteiger partial charge is 0.387 e. The normalized spacial score (nSPS) is 19.0. The molecule has 0 aromatic heterocycles. The maximum atomic E-state index is 12.7. The maximum absolute atomic E-state index is 12.7. The van der Waals surface area contributed by atoms with Crippen LogP contribution in [0.25, 0.3) is 0 Å². The molecule has 0 aliphatic carbocycles. The lowest BCUT2D eigenvalue weighted by Gasteiger charge is -2.18. The van der Waals surface area contributed by atoms with E-state index in [4.69, 9.17) is 5.73 Å². The average Bonchev–Trinajstić information content (AvgIpc) is 3.08. The van der Waals surface area contributed by atoms with Crippen LogP contribution < -0.4 is 10.5 Å². The van der Waals surface area contributed by atoms with Gasteiger partial charge in [0.15, 0.2) is 0 Å². The van der Waals surface area contributed by atoms with Crippen molar-refractivity contribution in [3.05, 3.63) is 65.7 Å². The summed E-state index contributed by atoms with van der Waals surface area (Å²) in [5, 5.41) is 0. The number of benzene rings is 2. The highest BCUT2D eigenvalue weighted by Gasteiger charge is 2.35. The lowest BCUT2D eigenvalue weighted by molar-refractivity contribution is -0.129. The quantitative estimate of drug-likeness (QED) is 0.813. The van der Waals surface area contributed by atoms with Crippen LogP contribution in [-0.2, 0) is 11.2 Å². The Hall–Kier alpha value is -2.18. The van der Waals surface area contributed by atoms with E-state index < -0.39 is 6.61 Å². The van der Waals surface area contributed by atoms with Crippen molar-refractivity contribution in [2.45, 2.75) is 19.0 Å². The number of hydrogen-bond donors (Lipinski definition) is 1. The average molecular weight is 397 g/mol. The summed E-state index contributed by atoms with van der Waals surface area (Å²) in [5.74, 6) is 0.323. The topological polar surface area (TPSA) is 55.6 Å². The highest BCUT2D eigenvalue weighted by molar-refractivity contribution is 5.85. The van der Waals surface area contributed by atoms with Gasteiger partial charge in [-0.25, -0.2) is 0 Å². The van der Waals surface area contributed by atoms with Crippen molar-refractivity contribution in [3.63, 3.8) is 0 Å². The minimum absolute atomic E-state index is 0. The number of carbonyl (C=O) groups excluding carboxylic acids is 1. The van der Waals surface area contributed by atoms with Gasteiger partial charge in [-0.3, -0.25) is 4.79 Å². The molecule has 0 saturated carbocycles. The molecule has 1 fully saturated rings. The van der Waals surface area contributed by atoms with Crippen LogP contribution in [0.4, 0.5) is 8.78 Å². The van der Waals surface area contributed by atoms with E-state index >= 15 is 0 Å². The molecule has 0 unspecified atom stereocenters. The summed E-state index contributed by atoms with van der Waals surface area (Å²) in [7, 11) is 0. The van der Waals surface area contributed by atoms with Gasteiger partial charge in [0.05, 0.1) is 6.42 Å². The summed E-state index contributed by atoms with van der Waals surface area (Å²) in [6.45, 7) is -1.26. The van der Waals surface area contributed by atoms with Gasteiger partial charge in [0.2, 0.25) is 5.91 Å². The number of hydrogen-bond acceptors (Lipinski definition) is 3. The van der Waals surface area contributed by atoms with E-state index in [1.807, 2.05) is 30.3 Å². The number of nitrogens with two attached hydrogens (primary N) is 1. The van der Waals surface area contributed by atoms with Gasteiger partial charge >= 0.3 is 6.61 Å². The van der Waals surface area contributed by atoms with Gasteiger partial charge in [0.25, 0.3) is 0 Å². The first kappa shape index (κ1) is 21.1. The van der Waals surface area contributed by atoms with Crippen molar-refractivity contribution in [1.82, 2.24) is 4.90 Å². The van der Waals surface area contributed by atoms with Crippen LogP contribution in [0, 0.1) is 5.92 Å². The Morgan fingerprint density at radius 3 is 2.44 bits per heavy atom. The molecule has 0 bridgehead atoms. The number of nitrogens with zero attached hydrogens (tertiary/aromatic N) is 1. The fourth-order valence-corrected chi connectivity index (χ4v) is 3.53. The van der Waals surface area contributed by atoms with Crippen LogP contribution in [0.1, 0.15) is 17.0 Å².